The molecule has 2 N–H and O–H groups in total. The number of hydrogen-bond acceptors (Lipinski definition) is 2. The van der Waals surface area contributed by atoms with E-state index >= 15 is 0 Å². The first-order valence-corrected chi connectivity index (χ1v) is 3.40. The van der Waals surface area contributed by atoms with Crippen LogP contribution in [0.25, 0.3) is 0 Å². The van der Waals surface area contributed by atoms with E-state index in [9.17, 15) is 0 Å². The van der Waals surface area contributed by atoms with Crippen molar-refractivity contribution < 1.29 is 10.2 Å². The summed E-state index contributed by atoms with van der Waals surface area (Å²) >= 11 is 0. The predicted octanol–water partition coefficient (Wildman–Crippen LogP) is -1.44. The lowest BCUT2D eigenvalue weighted by molar-refractivity contribution is -0.127. The van der Waals surface area contributed by atoms with Gasteiger partial charge < -0.3 is 10.2 Å². The lowest BCUT2D eigenvalue weighted by Gasteiger charge is -2.39. The second-order valence-electron chi connectivity index (χ2n) is 2.86. The Hall–Kier alpha value is -0.0803. The number of hydrogen-bond donors (Lipinski definition) is 2. The maximum absolute atomic E-state index is 8.99. The second-order valence-corrected chi connectivity index (χ2v) is 2.86. The molecule has 1 atom stereocenters. The lowest BCUT2D eigenvalue weighted by Crippen LogP contribution is -2.45. The summed E-state index contributed by atoms with van der Waals surface area (Å²) in [5.74, 6) is -1.07. The highest BCUT2D eigenvalue weighted by Crippen LogP contribution is 2.33. The van der Waals surface area contributed by atoms with Crippen LogP contribution in [0.5, 0.6) is 0 Å². The first-order valence-electron chi connectivity index (χ1n) is 3.40. The van der Waals surface area contributed by atoms with E-state index in [0.717, 1.165) is 0 Å². The molecule has 0 saturated heterocycles. The first-order chi connectivity index (χ1) is 5.19. The van der Waals surface area contributed by atoms with Gasteiger partial charge in [-0.15, -0.1) is 11.7 Å². The molecule has 2 nitrogen and oxygen atoms in total. The summed E-state index contributed by atoms with van der Waals surface area (Å²) < 4.78 is 0. The molecule has 0 aromatic carbocycles. The third-order valence-electron chi connectivity index (χ3n) is 1.52. The molecule has 0 aliphatic carbocycles. The largest absolute Gasteiger partial charge is 0.375 e. The van der Waals surface area contributed by atoms with Crippen LogP contribution >= 0.6 is 0 Å². The van der Waals surface area contributed by atoms with Gasteiger partial charge in [-0.25, -0.2) is 0 Å². The van der Waals surface area contributed by atoms with Gasteiger partial charge in [0.1, 0.15) is 5.69 Å². The molecular formula is C6H8B4O2. The standard InChI is InChI=1S/C6H8B4O2/c1-2-3-4(5(7,8)9)6(10,11)12/h2,4,11-12H,1,3H2. The van der Waals surface area contributed by atoms with Gasteiger partial charge in [-0.2, -0.15) is 0 Å². The Kier molecular flexibility index (Phi) is 3.73. The predicted molar refractivity (Wildman–Crippen MR) is 51.2 cm³/mol. The Labute approximate surface area is 78.1 Å². The molecule has 1 unspecified atom stereocenters. The highest BCUT2D eigenvalue weighted by atomic mass is 16.5. The SMILES string of the molecule is [B]C([B])([B])C(CC=C)C([B])(O)O. The van der Waals surface area contributed by atoms with E-state index in [-0.39, 0.29) is 6.42 Å². The van der Waals surface area contributed by atoms with Gasteiger partial charge in [0.2, 0.25) is 0 Å². The first kappa shape index (κ1) is 11.9. The van der Waals surface area contributed by atoms with Crippen molar-refractivity contribution in [3.63, 3.8) is 0 Å². The Morgan fingerprint density at radius 1 is 1.25 bits per heavy atom. The molecule has 8 radical (unpaired) electrons. The van der Waals surface area contributed by atoms with Gasteiger partial charge in [-0.1, -0.05) is 6.08 Å². The highest BCUT2D eigenvalue weighted by molar-refractivity contribution is 6.59. The number of allylic oxidation sites excluding steroid dienone is 1. The van der Waals surface area contributed by atoms with Crippen LogP contribution in [0.3, 0.4) is 0 Å². The Morgan fingerprint density at radius 3 is 1.75 bits per heavy atom. The Bertz CT molecular complexity index is 144. The van der Waals surface area contributed by atoms with Crippen LogP contribution < -0.4 is 0 Å². The second kappa shape index (κ2) is 3.75. The average molecular weight is 155 g/mol. The summed E-state index contributed by atoms with van der Waals surface area (Å²) in [5, 5.41) is 16.2. The minimum atomic E-state index is -2.49. The quantitative estimate of drug-likeness (QED) is 0.297. The fraction of sp³-hybridized carbons (Fsp3) is 0.667. The van der Waals surface area contributed by atoms with E-state index in [0.29, 0.717) is 0 Å². The van der Waals surface area contributed by atoms with Crippen LogP contribution in [0.15, 0.2) is 12.7 Å². The minimum Gasteiger partial charge on any atom is -0.375 e. The summed E-state index contributed by atoms with van der Waals surface area (Å²) in [6.07, 6.45) is 1.52. The average Bonchev–Trinajstić information content (AvgIpc) is 1.77. The minimum absolute atomic E-state index is 0.118. The number of aliphatic hydroxyl groups is 2. The summed E-state index contributed by atoms with van der Waals surface area (Å²) in [5.41, 5.74) is -2.49. The van der Waals surface area contributed by atoms with Gasteiger partial charge in [0.05, 0.1) is 23.5 Å². The summed E-state index contributed by atoms with van der Waals surface area (Å²) in [6.45, 7) is 3.38. The fourth-order valence-corrected chi connectivity index (χ4v) is 0.912. The molecule has 0 aromatic rings. The van der Waals surface area contributed by atoms with E-state index in [1.54, 1.807) is 0 Å². The molecule has 56 valence electrons. The molecule has 0 aromatic heterocycles. The topological polar surface area (TPSA) is 40.5 Å². The molecule has 0 aliphatic rings. The molecule has 0 spiro atoms. The van der Waals surface area contributed by atoms with Crippen molar-refractivity contribution in [1.82, 2.24) is 0 Å². The monoisotopic (exact) mass is 156 g/mol. The molecule has 0 saturated carbocycles. The van der Waals surface area contributed by atoms with E-state index in [1.165, 1.54) is 6.08 Å². The molecule has 0 amide bonds. The highest BCUT2D eigenvalue weighted by Gasteiger charge is 2.35. The maximum Gasteiger partial charge on any atom is 0.153 e. The van der Waals surface area contributed by atoms with Crippen molar-refractivity contribution in [2.45, 2.75) is 17.2 Å². The molecule has 0 heterocycles. The normalized spacial score (nSPS) is 15.5. The van der Waals surface area contributed by atoms with Gasteiger partial charge in [-0.05, 0) is 12.3 Å². The Morgan fingerprint density at radius 2 is 1.67 bits per heavy atom. The van der Waals surface area contributed by atoms with Crippen LogP contribution in [-0.2, 0) is 0 Å². The van der Waals surface area contributed by atoms with Crippen LogP contribution in [0, 0.1) is 5.92 Å². The van der Waals surface area contributed by atoms with Crippen molar-refractivity contribution in [1.29, 1.82) is 0 Å². The van der Waals surface area contributed by atoms with Crippen LogP contribution in [0.4, 0.5) is 0 Å². The summed E-state index contributed by atoms with van der Waals surface area (Å²) in [4.78, 5) is 0. The molecule has 12 heavy (non-hydrogen) atoms. The molecule has 0 fully saturated rings. The third-order valence-corrected chi connectivity index (χ3v) is 1.52. The Balaban J connectivity index is 4.56. The zero-order valence-electron chi connectivity index (χ0n) is 6.77. The molecule has 0 aliphatic heterocycles. The van der Waals surface area contributed by atoms with Crippen molar-refractivity contribution >= 4 is 31.4 Å². The van der Waals surface area contributed by atoms with E-state index < -0.39 is 16.7 Å². The van der Waals surface area contributed by atoms with Crippen molar-refractivity contribution in [3.05, 3.63) is 12.7 Å². The van der Waals surface area contributed by atoms with Crippen LogP contribution in [-0.4, -0.2) is 47.3 Å². The van der Waals surface area contributed by atoms with Crippen molar-refractivity contribution in [2.75, 3.05) is 0 Å². The maximum atomic E-state index is 8.99. The summed E-state index contributed by atoms with van der Waals surface area (Å²) in [7, 11) is 20.8. The number of rotatable bonds is 4. The van der Waals surface area contributed by atoms with Gasteiger partial charge in [0, 0.05) is 0 Å². The molecule has 0 bridgehead atoms. The van der Waals surface area contributed by atoms with Crippen LogP contribution in [0.2, 0.25) is 5.11 Å². The fourth-order valence-electron chi connectivity index (χ4n) is 0.912. The smallest absolute Gasteiger partial charge is 0.153 e. The van der Waals surface area contributed by atoms with Crippen LogP contribution in [0.1, 0.15) is 6.42 Å². The van der Waals surface area contributed by atoms with Gasteiger partial charge in [-0.3, -0.25) is 0 Å². The van der Waals surface area contributed by atoms with Gasteiger partial charge in [0.25, 0.3) is 0 Å². The van der Waals surface area contributed by atoms with Gasteiger partial charge >= 0.3 is 0 Å². The van der Waals surface area contributed by atoms with Crippen molar-refractivity contribution in [3.8, 4) is 0 Å². The van der Waals surface area contributed by atoms with E-state index in [4.69, 9.17) is 41.6 Å². The molecular weight excluding hydrogens is 147 g/mol. The summed E-state index contributed by atoms with van der Waals surface area (Å²) in [6, 6.07) is 0. The third kappa shape index (κ3) is 3.55. The van der Waals surface area contributed by atoms with E-state index in [2.05, 4.69) is 6.58 Å². The van der Waals surface area contributed by atoms with Gasteiger partial charge in [0.15, 0.2) is 7.85 Å². The molecule has 6 heteroatoms. The zero-order valence-corrected chi connectivity index (χ0v) is 6.77. The zero-order chi connectivity index (χ0) is 9.99. The van der Waals surface area contributed by atoms with E-state index in [1.807, 2.05) is 0 Å². The van der Waals surface area contributed by atoms with Crippen molar-refractivity contribution in [2.24, 2.45) is 5.92 Å². The molecule has 0 rings (SSSR count). The lowest BCUT2D eigenvalue weighted by atomic mass is 9.35.